The predicted molar refractivity (Wildman–Crippen MR) is 170 cm³/mol. The van der Waals surface area contributed by atoms with Crippen LogP contribution in [-0.2, 0) is 14.3 Å². The normalized spacial score (nSPS) is 47.8. The maximum absolute atomic E-state index is 12.7. The molecular weight excluding hydrogens is 572 g/mol. The van der Waals surface area contributed by atoms with Gasteiger partial charge in [-0.05, 0) is 124 Å². The number of aliphatic carboxylic acids is 1. The van der Waals surface area contributed by atoms with Crippen LogP contribution in [0.3, 0.4) is 0 Å². The molecule has 0 amide bonds. The zero-order valence-electron chi connectivity index (χ0n) is 28.8. The first-order chi connectivity index (χ1) is 20.8. The minimum Gasteiger partial charge on any atom is -0.481 e. The highest BCUT2D eigenvalue weighted by Gasteiger charge is 2.69. The molecule has 0 aromatic rings. The van der Waals surface area contributed by atoms with E-state index in [1.165, 1.54) is 0 Å². The van der Waals surface area contributed by atoms with Gasteiger partial charge in [0, 0.05) is 5.92 Å². The van der Waals surface area contributed by atoms with E-state index in [1.54, 1.807) is 25.0 Å². The maximum Gasteiger partial charge on any atom is 0.306 e. The second kappa shape index (κ2) is 11.0. The average molecular weight is 633 g/mol. The van der Waals surface area contributed by atoms with Crippen LogP contribution in [0.2, 0.25) is 0 Å². The number of fused-ring (bicyclic) bond motifs is 5. The molecule has 12 atom stereocenters. The molecule has 0 radical (unpaired) electrons. The van der Waals surface area contributed by atoms with Gasteiger partial charge in [0.1, 0.15) is 11.7 Å². The van der Waals surface area contributed by atoms with Crippen LogP contribution < -0.4 is 0 Å². The zero-order valence-corrected chi connectivity index (χ0v) is 28.8. The summed E-state index contributed by atoms with van der Waals surface area (Å²) in [6.07, 6.45) is 7.78. The first kappa shape index (κ1) is 33.9. The Kier molecular flexibility index (Phi) is 8.27. The van der Waals surface area contributed by atoms with E-state index < -0.39 is 35.7 Å². The molecule has 1 aliphatic heterocycles. The molecule has 45 heavy (non-hydrogen) atoms. The molecule has 0 spiro atoms. The Balaban J connectivity index is 1.23. The minimum absolute atomic E-state index is 0.0129. The van der Waals surface area contributed by atoms with Crippen molar-refractivity contribution in [1.82, 2.24) is 0 Å². The molecule has 8 heteroatoms. The summed E-state index contributed by atoms with van der Waals surface area (Å²) in [5, 5.41) is 52.1. The second-order valence-corrected chi connectivity index (χ2v) is 18.0. The van der Waals surface area contributed by atoms with Gasteiger partial charge in [0.15, 0.2) is 6.29 Å². The number of carbonyl (C=O) groups is 1. The number of hydrogen-bond acceptors (Lipinski definition) is 7. The van der Waals surface area contributed by atoms with Crippen LogP contribution in [0.5, 0.6) is 0 Å². The van der Waals surface area contributed by atoms with Crippen molar-refractivity contribution in [3.05, 3.63) is 11.1 Å². The Labute approximate surface area is 270 Å². The zero-order chi connectivity index (χ0) is 33.0. The lowest BCUT2D eigenvalue weighted by Crippen LogP contribution is -2.58. The summed E-state index contributed by atoms with van der Waals surface area (Å²) >= 11 is 0. The highest BCUT2D eigenvalue weighted by atomic mass is 16.7. The molecule has 1 heterocycles. The van der Waals surface area contributed by atoms with E-state index >= 15 is 0 Å². The van der Waals surface area contributed by atoms with Crippen molar-refractivity contribution >= 4 is 5.97 Å². The van der Waals surface area contributed by atoms with Gasteiger partial charge in [0.2, 0.25) is 0 Å². The number of aliphatic hydroxyl groups is 4. The van der Waals surface area contributed by atoms with Crippen molar-refractivity contribution in [2.45, 2.75) is 161 Å². The van der Waals surface area contributed by atoms with Gasteiger partial charge < -0.3 is 35.0 Å². The van der Waals surface area contributed by atoms with Gasteiger partial charge in [-0.15, -0.1) is 0 Å². The van der Waals surface area contributed by atoms with Gasteiger partial charge in [-0.25, -0.2) is 0 Å². The summed E-state index contributed by atoms with van der Waals surface area (Å²) < 4.78 is 12.6. The van der Waals surface area contributed by atoms with E-state index in [2.05, 4.69) is 34.6 Å². The molecule has 3 saturated carbocycles. The third-order valence-electron chi connectivity index (χ3n) is 14.9. The van der Waals surface area contributed by atoms with E-state index in [1.807, 2.05) is 0 Å². The van der Waals surface area contributed by atoms with Gasteiger partial charge >= 0.3 is 5.97 Å². The van der Waals surface area contributed by atoms with E-state index in [0.717, 1.165) is 57.8 Å². The Bertz CT molecular complexity index is 1200. The van der Waals surface area contributed by atoms with Crippen molar-refractivity contribution in [3.8, 4) is 0 Å². The standard InChI is InChI=1S/C37H60O8/c1-32(2,42)15-8-9-21(30(40)41)22-12-17-36(7)24-10-11-27-33(3,4)28(14-16-34(27,5)23(24)13-18-35(22,36)6)45-31-37(43)19-25(37)29(39)26(20-38)44-31/h21-22,25-29,31,38-39,42-43H,8-20H2,1-7H3,(H,40,41)/t21-,22-,25?,26?,27?,28+,29?,31?,34-,35-,36+,37?/m1/s1. The molecule has 4 fully saturated rings. The lowest BCUT2D eigenvalue weighted by molar-refractivity contribution is -0.308. The van der Waals surface area contributed by atoms with Crippen LogP contribution in [0.25, 0.3) is 0 Å². The van der Waals surface area contributed by atoms with E-state index in [4.69, 9.17) is 9.47 Å². The highest BCUT2D eigenvalue weighted by Crippen LogP contribution is 2.73. The van der Waals surface area contributed by atoms with Gasteiger partial charge in [-0.3, -0.25) is 4.79 Å². The van der Waals surface area contributed by atoms with E-state index in [0.29, 0.717) is 25.2 Å². The highest BCUT2D eigenvalue weighted by molar-refractivity contribution is 5.70. The largest absolute Gasteiger partial charge is 0.481 e. The molecule has 8 nitrogen and oxygen atoms in total. The smallest absolute Gasteiger partial charge is 0.306 e. The maximum atomic E-state index is 12.7. The number of rotatable bonds is 9. The summed E-state index contributed by atoms with van der Waals surface area (Å²) in [5.74, 6) is -0.845. The third kappa shape index (κ3) is 5.10. The Morgan fingerprint density at radius 3 is 2.40 bits per heavy atom. The molecule has 6 unspecified atom stereocenters. The van der Waals surface area contributed by atoms with Crippen molar-refractivity contribution in [2.75, 3.05) is 6.61 Å². The molecule has 6 rings (SSSR count). The van der Waals surface area contributed by atoms with Gasteiger partial charge in [-0.1, -0.05) is 45.8 Å². The summed E-state index contributed by atoms with van der Waals surface area (Å²) in [7, 11) is 0. The number of allylic oxidation sites excluding steroid dienone is 2. The van der Waals surface area contributed by atoms with Crippen molar-refractivity contribution in [1.29, 1.82) is 0 Å². The van der Waals surface area contributed by atoms with Crippen LogP contribution in [0.15, 0.2) is 11.1 Å². The fraction of sp³-hybridized carbons (Fsp3) is 0.919. The lowest BCUT2D eigenvalue weighted by Gasteiger charge is -2.62. The number of carboxylic acid groups (broad SMARTS) is 1. The van der Waals surface area contributed by atoms with Gasteiger partial charge in [0.25, 0.3) is 0 Å². The lowest BCUT2D eigenvalue weighted by atomic mass is 9.43. The average Bonchev–Trinajstić information content (AvgIpc) is 3.57. The Hall–Kier alpha value is -1.03. The molecular formula is C37H60O8. The van der Waals surface area contributed by atoms with Crippen molar-refractivity contribution < 1.29 is 39.8 Å². The fourth-order valence-corrected chi connectivity index (χ4v) is 11.9. The number of carboxylic acids is 1. The monoisotopic (exact) mass is 632 g/mol. The Morgan fingerprint density at radius 2 is 1.76 bits per heavy atom. The van der Waals surface area contributed by atoms with E-state index in [-0.39, 0.29) is 52.1 Å². The van der Waals surface area contributed by atoms with E-state index in [9.17, 15) is 30.3 Å². The van der Waals surface area contributed by atoms with Gasteiger partial charge in [-0.2, -0.15) is 0 Å². The first-order valence-corrected chi connectivity index (χ1v) is 17.8. The molecule has 6 aliphatic rings. The summed E-state index contributed by atoms with van der Waals surface area (Å²) in [6, 6.07) is 0. The van der Waals surface area contributed by atoms with Crippen LogP contribution >= 0.6 is 0 Å². The van der Waals surface area contributed by atoms with Gasteiger partial charge in [0.05, 0.1) is 30.3 Å². The van der Waals surface area contributed by atoms with Crippen LogP contribution in [0.4, 0.5) is 0 Å². The van der Waals surface area contributed by atoms with Crippen LogP contribution in [0.1, 0.15) is 126 Å². The van der Waals surface area contributed by atoms with Crippen molar-refractivity contribution in [3.63, 3.8) is 0 Å². The summed E-state index contributed by atoms with van der Waals surface area (Å²) in [5.41, 5.74) is 1.06. The number of aliphatic hydroxyl groups excluding tert-OH is 2. The molecule has 5 aliphatic carbocycles. The third-order valence-corrected chi connectivity index (χ3v) is 14.9. The van der Waals surface area contributed by atoms with Crippen molar-refractivity contribution in [2.24, 2.45) is 45.3 Å². The second-order valence-electron chi connectivity index (χ2n) is 18.0. The summed E-state index contributed by atoms with van der Waals surface area (Å²) in [6.45, 7) is 15.2. The molecule has 1 saturated heterocycles. The Morgan fingerprint density at radius 1 is 1.04 bits per heavy atom. The topological polar surface area (TPSA) is 137 Å². The van der Waals surface area contributed by atoms with Crippen LogP contribution in [0, 0.1) is 45.3 Å². The quantitative estimate of drug-likeness (QED) is 0.208. The molecule has 5 N–H and O–H groups in total. The molecule has 0 bridgehead atoms. The predicted octanol–water partition coefficient (Wildman–Crippen LogP) is 5.59. The SMILES string of the molecule is CC(C)(O)CCC[C@@H](C(=O)O)[C@H]1CC[C@@]2(C)C3=C(CC[C@]12C)[C@@]1(C)CC[C@H](OC2OC(CO)C(O)C4CC24O)C(C)(C)C1CC3. The summed E-state index contributed by atoms with van der Waals surface area (Å²) in [4.78, 5) is 12.7. The minimum atomic E-state index is -1.19. The first-order valence-electron chi connectivity index (χ1n) is 17.8. The van der Waals surface area contributed by atoms with Crippen LogP contribution in [-0.4, -0.2) is 73.9 Å². The molecule has 0 aromatic carbocycles. The number of hydrogen-bond donors (Lipinski definition) is 5. The molecule has 256 valence electrons. The number of ether oxygens (including phenoxy) is 2. The molecule has 0 aromatic heterocycles. The fourth-order valence-electron chi connectivity index (χ4n) is 11.9.